The first kappa shape index (κ1) is 6.65. The molecular formula is C8H5NOS. The molecule has 0 atom stereocenters. The van der Waals surface area contributed by atoms with Crippen molar-refractivity contribution in [3.05, 3.63) is 28.8 Å². The zero-order chi connectivity index (χ0) is 7.68. The highest BCUT2D eigenvalue weighted by Crippen LogP contribution is 2.15. The molecule has 0 fully saturated rings. The summed E-state index contributed by atoms with van der Waals surface area (Å²) in [7, 11) is 0. The lowest BCUT2D eigenvalue weighted by molar-refractivity contribution is 0.567. The van der Waals surface area contributed by atoms with Crippen molar-refractivity contribution in [1.29, 1.82) is 0 Å². The Hall–Kier alpha value is -1.05. The molecule has 2 nitrogen and oxygen atoms in total. The van der Waals surface area contributed by atoms with E-state index in [-0.39, 0.29) is 0 Å². The fourth-order valence-electron chi connectivity index (χ4n) is 0.995. The maximum atomic E-state index is 10.2. The number of hydrogen-bond acceptors (Lipinski definition) is 3. The van der Waals surface area contributed by atoms with Gasteiger partial charge in [-0.15, -0.1) is 11.8 Å². The molecule has 0 spiro atoms. The normalized spacial score (nSPS) is 13.5. The molecule has 0 radical (unpaired) electrons. The number of fused-ring (bicyclic) bond motifs is 1. The van der Waals surface area contributed by atoms with Crippen LogP contribution in [0.5, 0.6) is 0 Å². The van der Waals surface area contributed by atoms with Crippen molar-refractivity contribution in [2.24, 2.45) is 4.99 Å². The number of benzene rings is 1. The summed E-state index contributed by atoms with van der Waals surface area (Å²) in [5.41, 5.74) is 0. The second-order valence-electron chi connectivity index (χ2n) is 2.22. The lowest BCUT2D eigenvalue weighted by Crippen LogP contribution is -2.09. The minimum Gasteiger partial charge on any atom is -0.273 e. The van der Waals surface area contributed by atoms with Gasteiger partial charge in [0.15, 0.2) is 0 Å². The van der Waals surface area contributed by atoms with E-state index in [4.69, 9.17) is 0 Å². The molecule has 1 aromatic carbocycles. The summed E-state index contributed by atoms with van der Waals surface area (Å²) in [5.74, 6) is 2.63. The van der Waals surface area contributed by atoms with Crippen molar-refractivity contribution in [2.75, 3.05) is 5.88 Å². The molecule has 11 heavy (non-hydrogen) atoms. The van der Waals surface area contributed by atoms with Crippen LogP contribution in [-0.4, -0.2) is 11.8 Å². The van der Waals surface area contributed by atoms with Crippen molar-refractivity contribution < 1.29 is 4.79 Å². The third-order valence-corrected chi connectivity index (χ3v) is 2.43. The van der Waals surface area contributed by atoms with Crippen LogP contribution in [0.2, 0.25) is 0 Å². The summed E-state index contributed by atoms with van der Waals surface area (Å²) >= 11 is 1.65. The van der Waals surface area contributed by atoms with Crippen molar-refractivity contribution >= 4 is 17.7 Å². The van der Waals surface area contributed by atoms with E-state index in [2.05, 4.69) is 4.99 Å². The molecule has 0 aromatic heterocycles. The van der Waals surface area contributed by atoms with Gasteiger partial charge in [0.05, 0.1) is 16.5 Å². The van der Waals surface area contributed by atoms with Crippen LogP contribution in [0.4, 0.5) is 0 Å². The third-order valence-electron chi connectivity index (χ3n) is 1.53. The summed E-state index contributed by atoms with van der Waals surface area (Å²) in [4.78, 5) is 15.5. The molecular weight excluding hydrogens is 158 g/mol. The first-order chi connectivity index (χ1) is 5.40. The summed E-state index contributed by atoms with van der Waals surface area (Å²) in [6.45, 7) is 0. The Morgan fingerprint density at radius 3 is 3.27 bits per heavy atom. The summed E-state index contributed by atoms with van der Waals surface area (Å²) in [5, 5.41) is 1.60. The maximum Gasteiger partial charge on any atom is 0.132 e. The number of hydrogen-bond donors (Lipinski definition) is 0. The van der Waals surface area contributed by atoms with Crippen molar-refractivity contribution in [1.82, 2.24) is 0 Å². The van der Waals surface area contributed by atoms with Gasteiger partial charge in [-0.2, -0.15) is 0 Å². The smallest absolute Gasteiger partial charge is 0.132 e. The maximum absolute atomic E-state index is 10.2. The highest BCUT2D eigenvalue weighted by Gasteiger charge is 2.02. The molecule has 1 aromatic rings. The van der Waals surface area contributed by atoms with E-state index >= 15 is 0 Å². The quantitative estimate of drug-likeness (QED) is 0.533. The highest BCUT2D eigenvalue weighted by atomic mass is 32.2. The van der Waals surface area contributed by atoms with E-state index in [0.717, 1.165) is 16.1 Å². The van der Waals surface area contributed by atoms with Crippen LogP contribution in [0.15, 0.2) is 28.1 Å². The molecule has 0 saturated heterocycles. The van der Waals surface area contributed by atoms with Crippen LogP contribution in [0.1, 0.15) is 0 Å². The monoisotopic (exact) mass is 163 g/mol. The molecule has 1 heterocycles. The van der Waals surface area contributed by atoms with Gasteiger partial charge in [-0.25, -0.2) is 4.79 Å². The summed E-state index contributed by atoms with van der Waals surface area (Å²) in [6.07, 6.45) is 0. The van der Waals surface area contributed by atoms with Gasteiger partial charge >= 0.3 is 0 Å². The Morgan fingerprint density at radius 2 is 2.45 bits per heavy atom. The molecule has 0 saturated carbocycles. The molecule has 0 aliphatic carbocycles. The van der Waals surface area contributed by atoms with Crippen molar-refractivity contribution in [2.45, 2.75) is 4.90 Å². The van der Waals surface area contributed by atoms with Crippen LogP contribution in [-0.2, 0) is 4.79 Å². The van der Waals surface area contributed by atoms with Gasteiger partial charge in [0, 0.05) is 4.90 Å². The molecule has 3 heteroatoms. The van der Waals surface area contributed by atoms with Crippen LogP contribution in [0.3, 0.4) is 0 Å². The van der Waals surface area contributed by atoms with Crippen LogP contribution in [0, 0.1) is 0 Å². The van der Waals surface area contributed by atoms with E-state index in [9.17, 15) is 4.79 Å². The number of rotatable bonds is 0. The van der Waals surface area contributed by atoms with Gasteiger partial charge in [-0.1, -0.05) is 0 Å². The largest absolute Gasteiger partial charge is 0.273 e. The lowest BCUT2D eigenvalue weighted by Gasteiger charge is -1.86. The molecule has 1 aliphatic heterocycles. The van der Waals surface area contributed by atoms with E-state index in [0.29, 0.717) is 5.22 Å². The molecule has 0 bridgehead atoms. The Kier molecular flexibility index (Phi) is 1.53. The molecule has 0 N–H and O–H groups in total. The van der Waals surface area contributed by atoms with Gasteiger partial charge in [0.1, 0.15) is 5.94 Å². The molecule has 0 amide bonds. The first-order valence-electron chi connectivity index (χ1n) is 3.22. The SMILES string of the molecule is O=C=c1ccc2c(c1)SCN=2. The van der Waals surface area contributed by atoms with Gasteiger partial charge in [-0.3, -0.25) is 4.99 Å². The number of thioether (sulfide) groups is 1. The molecule has 1 aliphatic rings. The minimum atomic E-state index is 0.605. The average molecular weight is 163 g/mol. The van der Waals surface area contributed by atoms with Gasteiger partial charge in [0.2, 0.25) is 0 Å². The fourth-order valence-corrected chi connectivity index (χ4v) is 1.83. The fraction of sp³-hybridized carbons (Fsp3) is 0.125. The predicted octanol–water partition coefficient (Wildman–Crippen LogP) is -0.127. The van der Waals surface area contributed by atoms with Gasteiger partial charge in [-0.05, 0) is 18.2 Å². The van der Waals surface area contributed by atoms with E-state index < -0.39 is 0 Å². The topological polar surface area (TPSA) is 29.4 Å². The zero-order valence-electron chi connectivity index (χ0n) is 5.70. The minimum absolute atomic E-state index is 0.605. The van der Waals surface area contributed by atoms with Crippen LogP contribution >= 0.6 is 11.8 Å². The van der Waals surface area contributed by atoms with Crippen molar-refractivity contribution in [3.63, 3.8) is 0 Å². The Labute approximate surface area is 67.6 Å². The molecule has 0 unspecified atom stereocenters. The number of carbonyl (C=O) groups excluding carboxylic acids is 1. The van der Waals surface area contributed by atoms with E-state index in [1.54, 1.807) is 17.8 Å². The summed E-state index contributed by atoms with van der Waals surface area (Å²) in [6, 6.07) is 5.42. The van der Waals surface area contributed by atoms with Crippen molar-refractivity contribution in [3.8, 4) is 0 Å². The lowest BCUT2D eigenvalue weighted by atomic mass is 10.3. The molecule has 2 rings (SSSR count). The van der Waals surface area contributed by atoms with Crippen LogP contribution in [0.25, 0.3) is 0 Å². The molecule has 54 valence electrons. The third kappa shape index (κ3) is 1.09. The Morgan fingerprint density at radius 1 is 1.55 bits per heavy atom. The second kappa shape index (κ2) is 2.53. The second-order valence-corrected chi connectivity index (χ2v) is 3.20. The van der Waals surface area contributed by atoms with E-state index in [1.165, 1.54) is 0 Å². The number of nitrogens with zero attached hydrogens (tertiary/aromatic N) is 1. The predicted molar refractivity (Wildman–Crippen MR) is 42.7 cm³/mol. The van der Waals surface area contributed by atoms with Gasteiger partial charge < -0.3 is 0 Å². The standard InChI is InChI=1S/C8H5NOS/c10-4-6-1-2-7-8(3-6)11-5-9-7/h1-3H,5H2. The first-order valence-corrected chi connectivity index (χ1v) is 4.21. The zero-order valence-corrected chi connectivity index (χ0v) is 6.52. The van der Waals surface area contributed by atoms with Gasteiger partial charge in [0.25, 0.3) is 0 Å². The average Bonchev–Trinajstić information content (AvgIpc) is 2.50. The Balaban J connectivity index is 2.81. The highest BCUT2D eigenvalue weighted by molar-refractivity contribution is 7.99. The Bertz CT molecular complexity index is 420. The van der Waals surface area contributed by atoms with Crippen LogP contribution < -0.4 is 10.6 Å². The van der Waals surface area contributed by atoms with E-state index in [1.807, 2.05) is 18.1 Å². The summed E-state index contributed by atoms with van der Waals surface area (Å²) < 4.78 is 0.